The third kappa shape index (κ3) is 27.9. The van der Waals surface area contributed by atoms with Gasteiger partial charge in [0.15, 0.2) is 0 Å². The number of fused-ring (bicyclic) bond motifs is 1. The van der Waals surface area contributed by atoms with Crippen LogP contribution in [0.5, 0.6) is 11.5 Å². The first-order chi connectivity index (χ1) is 62.3. The van der Waals surface area contributed by atoms with E-state index in [0.29, 0.717) is 57.1 Å². The molecule has 131 heavy (non-hydrogen) atoms. The van der Waals surface area contributed by atoms with E-state index < -0.39 is 204 Å². The molecule has 6 aromatic carbocycles. The lowest BCUT2D eigenvalue weighted by Gasteiger charge is -2.39. The monoisotopic (exact) mass is 1820 g/mol. The molecule has 2 heterocycles. The lowest BCUT2D eigenvalue weighted by atomic mass is 9.98. The Balaban J connectivity index is 1.12. The molecule has 1 saturated heterocycles. The molecule has 2 fully saturated rings. The van der Waals surface area contributed by atoms with Crippen molar-refractivity contribution in [2.45, 2.75) is 184 Å². The highest BCUT2D eigenvalue weighted by Crippen LogP contribution is 2.52. The molecule has 36 heteroatoms. The summed E-state index contributed by atoms with van der Waals surface area (Å²) in [5, 5.41) is 55.9. The second-order valence-electron chi connectivity index (χ2n) is 34.3. The van der Waals surface area contributed by atoms with Gasteiger partial charge in [-0.05, 0) is 108 Å². The predicted molar refractivity (Wildman–Crippen MR) is 489 cm³/mol. The maximum absolute atomic E-state index is 15.8. The Hall–Kier alpha value is -13.7. The van der Waals surface area contributed by atoms with Crippen LogP contribution >= 0.6 is 11.8 Å². The van der Waals surface area contributed by atoms with Crippen LogP contribution in [0.4, 0.5) is 0 Å². The number of carbonyl (C=O) groups excluding carboxylic acids is 15. The van der Waals surface area contributed by atoms with Crippen molar-refractivity contribution in [3.63, 3.8) is 0 Å². The summed E-state index contributed by atoms with van der Waals surface area (Å²) in [5.74, 6) is -17.8. The second-order valence-corrected chi connectivity index (χ2v) is 35.3. The van der Waals surface area contributed by atoms with Crippen LogP contribution < -0.4 is 53.6 Å². The number of rotatable bonds is 22. The molecule has 15 amide bonds. The summed E-state index contributed by atoms with van der Waals surface area (Å²) >= 11 is 0.833. The van der Waals surface area contributed by atoms with Crippen LogP contribution in [0.1, 0.15) is 107 Å². The minimum atomic E-state index is -1.92. The van der Waals surface area contributed by atoms with Gasteiger partial charge in [0, 0.05) is 96.6 Å². The van der Waals surface area contributed by atoms with E-state index in [4.69, 9.17) is 5.73 Å². The van der Waals surface area contributed by atoms with Gasteiger partial charge in [-0.25, -0.2) is 0 Å². The third-order valence-electron chi connectivity index (χ3n) is 23.6. The minimum absolute atomic E-state index is 0.0915. The first-order valence-corrected chi connectivity index (χ1v) is 44.7. The number of nitrogens with two attached hydrogens (primary N) is 1. The number of aromatic nitrogens is 1. The van der Waals surface area contributed by atoms with Crippen LogP contribution in [0, 0.1) is 17.8 Å². The molecule has 1 spiro atoms. The molecule has 1 aromatic heterocycles. The van der Waals surface area contributed by atoms with Gasteiger partial charge in [-0.15, -0.1) is 11.8 Å². The second kappa shape index (κ2) is 47.1. The van der Waals surface area contributed by atoms with Crippen molar-refractivity contribution in [3.8, 4) is 11.5 Å². The van der Waals surface area contributed by atoms with Crippen LogP contribution in [0.25, 0.3) is 10.9 Å². The fourth-order valence-corrected chi connectivity index (χ4v) is 16.9. The van der Waals surface area contributed by atoms with Crippen LogP contribution in [0.15, 0.2) is 170 Å². The van der Waals surface area contributed by atoms with Gasteiger partial charge in [0.1, 0.15) is 83.5 Å². The first kappa shape index (κ1) is 101. The third-order valence-corrected chi connectivity index (χ3v) is 24.7. The Labute approximate surface area is 765 Å². The zero-order valence-electron chi connectivity index (χ0n) is 75.5. The molecule has 1 saturated carbocycles. The van der Waals surface area contributed by atoms with Crippen molar-refractivity contribution >= 4 is 117 Å². The fraction of sp³-hybridized carbons (Fsp3) is 0.432. The number of amides is 15. The Kier molecular flexibility index (Phi) is 36.3. The van der Waals surface area contributed by atoms with Crippen molar-refractivity contribution in [2.75, 3.05) is 59.8 Å². The number of carboxylic acids is 1. The number of aliphatic carboxylic acids is 1. The van der Waals surface area contributed by atoms with E-state index in [1.54, 1.807) is 149 Å². The number of carbonyl (C=O) groups is 16. The molecule has 35 nitrogen and oxygen atoms in total. The van der Waals surface area contributed by atoms with Gasteiger partial charge in [-0.2, -0.15) is 0 Å². The van der Waals surface area contributed by atoms with Gasteiger partial charge in [0.25, 0.3) is 0 Å². The number of primary amides is 1. The van der Waals surface area contributed by atoms with E-state index in [-0.39, 0.29) is 74.5 Å². The highest BCUT2D eigenvalue weighted by atomic mass is 32.2. The standard InChI is InChI=1S/C95H120N16O19S/c1-12-24-64-49-95(64)94(130)108(8)57(6)83(119)101-72(48-81(117)118)88(124)106-82(56(4)5)93(129)109(9)76(45-59-27-18-14-19-28-59)89(125)104-73(44-62-35-39-66(113)40-36-62)90(126)107(7)52-79(115)99-71(47-63-50-97-68-32-23-22-31-67(63)68)87(123)103-70(42-61-33-37-65(112)38-34-61)86(122)102-69(41-55(2)3)85(121)105-75(84(120)98-51-78(96)114)53-131-54-80(116)100-74(43-58-25-16-13-17-26-58)91(127)110(10)77(92(128)111(95)11)46-60-29-20-15-21-30-60/h13-23,25-40,50,55-57,64,69-77,82,97,112-113H,12,24,41-49,51-54H2,1-11H3,(H2,96,114)(H,98,120)(H,99,115)(H,100,116)(H,101,119)(H,102,122)(H,103,123)(H,104,125)(H,105,121)(H,106,124)(H,117,118)/t57-,64+,69-,70-,71-,72-,73-,74-,75-,76-,77-,82-,95?/m0/s1. The van der Waals surface area contributed by atoms with Gasteiger partial charge in [0.2, 0.25) is 88.6 Å². The number of aromatic amines is 1. The molecule has 13 atom stereocenters. The molecule has 700 valence electrons. The lowest BCUT2D eigenvalue weighted by molar-refractivity contribution is -0.154. The molecule has 2 aliphatic rings. The van der Waals surface area contributed by atoms with Crippen molar-refractivity contribution < 1.29 is 92.0 Å². The maximum atomic E-state index is 15.8. The van der Waals surface area contributed by atoms with Crippen molar-refractivity contribution in [1.29, 1.82) is 0 Å². The number of phenolic OH excluding ortho intramolecular Hbond substituents is 2. The molecule has 9 rings (SSSR count). The number of para-hydroxylation sites is 1. The summed E-state index contributed by atoms with van der Waals surface area (Å²) in [7, 11) is 6.67. The Morgan fingerprint density at radius 2 is 0.977 bits per heavy atom. The Morgan fingerprint density at radius 1 is 0.504 bits per heavy atom. The first-order valence-electron chi connectivity index (χ1n) is 43.6. The number of thioether (sulfide) groups is 1. The zero-order valence-corrected chi connectivity index (χ0v) is 76.3. The van der Waals surface area contributed by atoms with E-state index in [1.165, 1.54) is 100 Å². The number of nitrogens with one attached hydrogen (secondary N) is 10. The van der Waals surface area contributed by atoms with E-state index in [2.05, 4.69) is 52.8 Å². The Morgan fingerprint density at radius 3 is 1.53 bits per heavy atom. The molecular weight excluding hydrogens is 1700 g/mol. The molecule has 1 aliphatic heterocycles. The number of hydrogen-bond acceptors (Lipinski definition) is 19. The molecule has 1 aliphatic carbocycles. The van der Waals surface area contributed by atoms with Crippen molar-refractivity contribution in [1.82, 2.24) is 77.3 Å². The Bertz CT molecular complexity index is 5220. The maximum Gasteiger partial charge on any atom is 0.305 e. The molecule has 1 unspecified atom stereocenters. The molecule has 15 N–H and O–H groups in total. The number of nitrogens with zero attached hydrogens (tertiary/aromatic N) is 5. The molecule has 0 bridgehead atoms. The van der Waals surface area contributed by atoms with Crippen LogP contribution in [-0.4, -0.2) is 271 Å². The highest BCUT2D eigenvalue weighted by Gasteiger charge is 2.65. The number of carboxylic acid groups (broad SMARTS) is 1. The minimum Gasteiger partial charge on any atom is -0.508 e. The number of likely N-dealkylation sites (N-methyl/N-ethyl adjacent to an activating group) is 5. The summed E-state index contributed by atoms with van der Waals surface area (Å²) in [6, 6.07) is 27.2. The van der Waals surface area contributed by atoms with E-state index >= 15 is 38.4 Å². The zero-order chi connectivity index (χ0) is 95.7. The highest BCUT2D eigenvalue weighted by molar-refractivity contribution is 8.00. The van der Waals surface area contributed by atoms with Gasteiger partial charge in [-0.3, -0.25) is 76.7 Å². The SMILES string of the molecule is CCC[C@@H]1CC12C(=O)N(C)[C@@H](C)C(=O)N[C@@H](CC(=O)O)C(=O)N[C@@H](C(C)C)C(=O)N(C)[C@@H](Cc1ccccc1)C(=O)N[C@@H](Cc1ccc(O)cc1)C(=O)N(C)CC(=O)N[C@@H](Cc1c[nH]c3ccccc13)C(=O)N[C@@H](Cc1ccc(O)cc1)C(=O)N[C@@H](CC(C)C)C(=O)N[C@H](C(=O)NCC(N)=O)CSCC(=O)N[C@@H](Cc1ccccc1)C(=O)N(C)[C@@H](Cc1ccccc1)C(=O)N2C. The lowest BCUT2D eigenvalue weighted by Crippen LogP contribution is -2.62. The summed E-state index contributed by atoms with van der Waals surface area (Å²) in [4.78, 5) is 246. The van der Waals surface area contributed by atoms with Gasteiger partial charge in [-0.1, -0.05) is 174 Å². The van der Waals surface area contributed by atoms with E-state index in [9.17, 15) is 53.7 Å². The molecule has 0 radical (unpaired) electrons. The fourth-order valence-electron chi connectivity index (χ4n) is 16.1. The summed E-state index contributed by atoms with van der Waals surface area (Å²) < 4.78 is 0. The largest absolute Gasteiger partial charge is 0.508 e. The van der Waals surface area contributed by atoms with Crippen molar-refractivity contribution in [2.24, 2.45) is 23.5 Å². The quantitative estimate of drug-likeness (QED) is 0.0464. The molecule has 7 aromatic rings. The van der Waals surface area contributed by atoms with Crippen LogP contribution in [0.2, 0.25) is 0 Å². The summed E-state index contributed by atoms with van der Waals surface area (Å²) in [6.07, 6.45) is 0.225. The average molecular weight is 1820 g/mol. The van der Waals surface area contributed by atoms with Crippen LogP contribution in [0.3, 0.4) is 0 Å². The van der Waals surface area contributed by atoms with E-state index in [0.717, 1.165) is 26.5 Å². The molecular formula is C95H120N16O19S. The normalized spacial score (nSPS) is 23.8. The van der Waals surface area contributed by atoms with Gasteiger partial charge < -0.3 is 98.4 Å². The smallest absolute Gasteiger partial charge is 0.305 e. The topological polar surface area (TPSA) is 500 Å². The van der Waals surface area contributed by atoms with Gasteiger partial charge in [0.05, 0.1) is 25.3 Å². The van der Waals surface area contributed by atoms with Gasteiger partial charge >= 0.3 is 5.97 Å². The number of H-pyrrole nitrogens is 1. The predicted octanol–water partition coefficient (Wildman–Crippen LogP) is 2.72. The number of hydrogen-bond donors (Lipinski definition) is 14. The number of aromatic hydroxyl groups is 2. The number of phenols is 2. The summed E-state index contributed by atoms with van der Waals surface area (Å²) in [5.41, 5.74) is 7.48. The average Bonchev–Trinajstić information content (AvgIpc) is 1.55. The van der Waals surface area contributed by atoms with Crippen LogP contribution in [-0.2, 0) is 115 Å². The number of benzene rings is 6. The summed E-state index contributed by atoms with van der Waals surface area (Å²) in [6.45, 7) is 8.37. The van der Waals surface area contributed by atoms with E-state index in [1.807, 2.05) is 6.92 Å². The van der Waals surface area contributed by atoms with Crippen molar-refractivity contribution in [3.05, 3.63) is 203 Å².